The minimum Gasteiger partial charge on any atom is -0.480 e. The predicted molar refractivity (Wildman–Crippen MR) is 130 cm³/mol. The van der Waals surface area contributed by atoms with E-state index in [1.807, 2.05) is 17.8 Å². The van der Waals surface area contributed by atoms with Gasteiger partial charge in [-0.3, -0.25) is 4.79 Å². The lowest BCUT2D eigenvalue weighted by Crippen LogP contribution is -2.29. The Morgan fingerprint density at radius 3 is 2.52 bits per heavy atom. The molecule has 31 heavy (non-hydrogen) atoms. The quantitative estimate of drug-likeness (QED) is 0.283. The number of carbonyl (C=O) groups is 1. The Balaban J connectivity index is 1.97. The Morgan fingerprint density at radius 1 is 1.19 bits per heavy atom. The first kappa shape index (κ1) is 25.6. The third-order valence-corrected chi connectivity index (χ3v) is 7.29. The van der Waals surface area contributed by atoms with Crippen LogP contribution in [0.1, 0.15) is 71.6 Å². The molecule has 0 radical (unpaired) electrons. The number of carboxylic acids is 1. The molecule has 0 spiro atoms. The molecule has 0 saturated carbocycles. The standard InChI is InChI=1S/C23H36N4O2S2/c1-6-18-14-24-21(25-15-18)27(12-9-7-8-10-17(2)3)13-11-19-16-30-22(26-19)31-23(4,5)20(28)29/h14-17H,6-13H2,1-5H3,(H,28,29). The minimum absolute atomic E-state index is 0.754. The minimum atomic E-state index is -0.883. The van der Waals surface area contributed by atoms with Gasteiger partial charge < -0.3 is 10.0 Å². The van der Waals surface area contributed by atoms with Gasteiger partial charge in [-0.05, 0) is 38.2 Å². The van der Waals surface area contributed by atoms with Crippen molar-refractivity contribution in [1.82, 2.24) is 15.0 Å². The highest BCUT2D eigenvalue weighted by molar-refractivity contribution is 8.02. The van der Waals surface area contributed by atoms with Crippen LogP contribution in [0, 0.1) is 5.92 Å². The van der Waals surface area contributed by atoms with Gasteiger partial charge in [0.2, 0.25) is 5.95 Å². The lowest BCUT2D eigenvalue weighted by molar-refractivity contribution is -0.138. The van der Waals surface area contributed by atoms with Crippen molar-refractivity contribution in [3.05, 3.63) is 29.0 Å². The van der Waals surface area contributed by atoms with Crippen LogP contribution in [0.3, 0.4) is 0 Å². The maximum atomic E-state index is 11.4. The summed E-state index contributed by atoms with van der Waals surface area (Å²) in [5.74, 6) is 0.701. The van der Waals surface area contributed by atoms with E-state index in [1.54, 1.807) is 13.8 Å². The van der Waals surface area contributed by atoms with Crippen LogP contribution in [-0.2, 0) is 17.6 Å². The van der Waals surface area contributed by atoms with Gasteiger partial charge in [0, 0.05) is 37.3 Å². The van der Waals surface area contributed by atoms with Gasteiger partial charge in [-0.25, -0.2) is 15.0 Å². The van der Waals surface area contributed by atoms with Gasteiger partial charge in [-0.15, -0.1) is 11.3 Å². The van der Waals surface area contributed by atoms with Crippen LogP contribution in [0.4, 0.5) is 5.95 Å². The Bertz CT molecular complexity index is 806. The second-order valence-electron chi connectivity index (χ2n) is 8.75. The number of anilines is 1. The highest BCUT2D eigenvalue weighted by Crippen LogP contribution is 2.34. The number of aliphatic carboxylic acids is 1. The van der Waals surface area contributed by atoms with Crippen LogP contribution in [0.5, 0.6) is 0 Å². The molecular formula is C23H36N4O2S2. The van der Waals surface area contributed by atoms with Gasteiger partial charge in [-0.2, -0.15) is 0 Å². The Kier molecular flexibility index (Phi) is 10.2. The fraction of sp³-hybridized carbons (Fsp3) is 0.652. The van der Waals surface area contributed by atoms with E-state index in [9.17, 15) is 9.90 Å². The van der Waals surface area contributed by atoms with Crippen LogP contribution in [0.25, 0.3) is 0 Å². The van der Waals surface area contributed by atoms with Gasteiger partial charge in [0.15, 0.2) is 4.34 Å². The Labute approximate surface area is 194 Å². The Hall–Kier alpha value is -1.67. The number of hydrogen-bond donors (Lipinski definition) is 1. The molecule has 2 rings (SSSR count). The van der Waals surface area contributed by atoms with Crippen LogP contribution in [-0.4, -0.2) is 43.9 Å². The second-order valence-corrected chi connectivity index (χ2v) is 11.5. The molecule has 0 aliphatic rings. The van der Waals surface area contributed by atoms with Crippen LogP contribution in [0.2, 0.25) is 0 Å². The van der Waals surface area contributed by atoms with E-state index in [0.29, 0.717) is 0 Å². The molecule has 2 aromatic heterocycles. The van der Waals surface area contributed by atoms with Crippen molar-refractivity contribution in [3.63, 3.8) is 0 Å². The first-order valence-electron chi connectivity index (χ1n) is 11.1. The number of unbranched alkanes of at least 4 members (excludes halogenated alkanes) is 2. The summed E-state index contributed by atoms with van der Waals surface area (Å²) in [5, 5.41) is 11.4. The van der Waals surface area contributed by atoms with E-state index in [2.05, 4.69) is 40.6 Å². The van der Waals surface area contributed by atoms with E-state index in [4.69, 9.17) is 0 Å². The molecule has 1 N–H and O–H groups in total. The summed E-state index contributed by atoms with van der Waals surface area (Å²) in [6, 6.07) is 0. The molecule has 0 atom stereocenters. The predicted octanol–water partition coefficient (Wildman–Crippen LogP) is 5.72. The topological polar surface area (TPSA) is 79.2 Å². The van der Waals surface area contributed by atoms with Crippen molar-refractivity contribution in [3.8, 4) is 0 Å². The van der Waals surface area contributed by atoms with Crippen molar-refractivity contribution in [1.29, 1.82) is 0 Å². The van der Waals surface area contributed by atoms with Crippen molar-refractivity contribution < 1.29 is 9.90 Å². The normalized spacial score (nSPS) is 11.8. The SMILES string of the molecule is CCc1cnc(N(CCCCCC(C)C)CCc2csc(SC(C)(C)C(=O)O)n2)nc1. The third kappa shape index (κ3) is 8.77. The van der Waals surface area contributed by atoms with Crippen molar-refractivity contribution in [2.24, 2.45) is 5.92 Å². The number of hydrogen-bond acceptors (Lipinski definition) is 7. The van der Waals surface area contributed by atoms with E-state index in [0.717, 1.165) is 59.8 Å². The monoisotopic (exact) mass is 464 g/mol. The lowest BCUT2D eigenvalue weighted by atomic mass is 10.1. The number of aromatic nitrogens is 3. The summed E-state index contributed by atoms with van der Waals surface area (Å²) < 4.78 is -0.0855. The van der Waals surface area contributed by atoms with Crippen molar-refractivity contribution in [2.45, 2.75) is 82.2 Å². The molecule has 2 aromatic rings. The Morgan fingerprint density at radius 2 is 1.90 bits per heavy atom. The zero-order valence-electron chi connectivity index (χ0n) is 19.4. The van der Waals surface area contributed by atoms with Crippen LogP contribution < -0.4 is 4.90 Å². The lowest BCUT2D eigenvalue weighted by Gasteiger charge is -2.22. The van der Waals surface area contributed by atoms with Crippen molar-refractivity contribution in [2.75, 3.05) is 18.0 Å². The summed E-state index contributed by atoms with van der Waals surface area (Å²) in [4.78, 5) is 27.5. The number of aryl methyl sites for hydroxylation is 1. The van der Waals surface area contributed by atoms with E-state index in [1.165, 1.54) is 42.4 Å². The number of thiazole rings is 1. The van der Waals surface area contributed by atoms with Gasteiger partial charge in [0.1, 0.15) is 4.75 Å². The van der Waals surface area contributed by atoms with E-state index < -0.39 is 10.7 Å². The first-order chi connectivity index (χ1) is 14.7. The molecule has 2 heterocycles. The third-order valence-electron chi connectivity index (χ3n) is 5.12. The zero-order chi connectivity index (χ0) is 22.9. The average molecular weight is 465 g/mol. The van der Waals surface area contributed by atoms with E-state index >= 15 is 0 Å². The maximum Gasteiger partial charge on any atom is 0.319 e. The molecule has 172 valence electrons. The van der Waals surface area contributed by atoms with Gasteiger partial charge in [-0.1, -0.05) is 51.8 Å². The number of rotatable bonds is 14. The molecule has 0 amide bonds. The number of thioether (sulfide) groups is 1. The van der Waals surface area contributed by atoms with E-state index in [-0.39, 0.29) is 0 Å². The molecule has 0 aliphatic carbocycles. The molecule has 0 saturated heterocycles. The molecule has 0 unspecified atom stereocenters. The highest BCUT2D eigenvalue weighted by atomic mass is 32.2. The fourth-order valence-corrected chi connectivity index (χ4v) is 5.23. The highest BCUT2D eigenvalue weighted by Gasteiger charge is 2.29. The molecule has 0 fully saturated rings. The summed E-state index contributed by atoms with van der Waals surface area (Å²) in [5.41, 5.74) is 2.13. The first-order valence-corrected chi connectivity index (χ1v) is 12.8. The second kappa shape index (κ2) is 12.4. The summed E-state index contributed by atoms with van der Waals surface area (Å²) in [6.07, 6.45) is 10.4. The maximum absolute atomic E-state index is 11.4. The molecule has 8 heteroatoms. The van der Waals surface area contributed by atoms with Gasteiger partial charge >= 0.3 is 5.97 Å². The fourth-order valence-electron chi connectivity index (χ4n) is 3.00. The van der Waals surface area contributed by atoms with Crippen LogP contribution >= 0.6 is 23.1 Å². The number of carboxylic acid groups (broad SMARTS) is 1. The van der Waals surface area contributed by atoms with Gasteiger partial charge in [0.25, 0.3) is 0 Å². The van der Waals surface area contributed by atoms with Gasteiger partial charge in [0.05, 0.1) is 5.69 Å². The summed E-state index contributed by atoms with van der Waals surface area (Å²) >= 11 is 2.81. The molecule has 0 aliphatic heterocycles. The zero-order valence-corrected chi connectivity index (χ0v) is 21.1. The average Bonchev–Trinajstić information content (AvgIpc) is 3.16. The molecule has 0 bridgehead atoms. The molecule has 0 aromatic carbocycles. The van der Waals surface area contributed by atoms with Crippen LogP contribution in [0.15, 0.2) is 22.1 Å². The number of nitrogens with zero attached hydrogens (tertiary/aromatic N) is 4. The summed E-state index contributed by atoms with van der Waals surface area (Å²) in [7, 11) is 0. The molecular weight excluding hydrogens is 428 g/mol. The molecule has 6 nitrogen and oxygen atoms in total. The van der Waals surface area contributed by atoms with Crippen molar-refractivity contribution >= 4 is 35.0 Å². The smallest absolute Gasteiger partial charge is 0.319 e. The summed E-state index contributed by atoms with van der Waals surface area (Å²) in [6.45, 7) is 11.8. The largest absolute Gasteiger partial charge is 0.480 e.